The number of anilines is 1. The number of carbonyl (C=O) groups excluding carboxylic acids is 1. The maximum atomic E-state index is 12.0. The van der Waals surface area contributed by atoms with Gasteiger partial charge in [-0.2, -0.15) is 0 Å². The molecule has 2 N–H and O–H groups in total. The summed E-state index contributed by atoms with van der Waals surface area (Å²) in [5, 5.41) is 5.81. The van der Waals surface area contributed by atoms with E-state index in [1.807, 2.05) is 68.6 Å². The van der Waals surface area contributed by atoms with Gasteiger partial charge in [-0.15, -0.1) is 11.8 Å². The predicted molar refractivity (Wildman–Crippen MR) is 90.0 cm³/mol. The van der Waals surface area contributed by atoms with Gasteiger partial charge < -0.3 is 10.6 Å². The molecular formula is C17H20N2OS. The van der Waals surface area contributed by atoms with Gasteiger partial charge in [0.15, 0.2) is 0 Å². The van der Waals surface area contributed by atoms with E-state index in [-0.39, 0.29) is 12.1 Å². The molecule has 21 heavy (non-hydrogen) atoms. The van der Waals surface area contributed by atoms with Crippen LogP contribution in [0.1, 0.15) is 24.1 Å². The molecule has 2 aromatic rings. The van der Waals surface area contributed by atoms with E-state index in [1.165, 1.54) is 5.56 Å². The third-order valence-corrected chi connectivity index (χ3v) is 3.98. The SMILES string of the molecule is CSc1cccc(NC(=O)N[C@H](C)c2ccc(C)cc2)c1. The number of thioether (sulfide) groups is 1. The molecule has 0 heterocycles. The van der Waals surface area contributed by atoms with E-state index in [1.54, 1.807) is 11.8 Å². The first-order chi connectivity index (χ1) is 10.1. The highest BCUT2D eigenvalue weighted by Gasteiger charge is 2.09. The third kappa shape index (κ3) is 4.53. The topological polar surface area (TPSA) is 41.1 Å². The van der Waals surface area contributed by atoms with E-state index in [4.69, 9.17) is 0 Å². The van der Waals surface area contributed by atoms with Crippen molar-refractivity contribution in [2.75, 3.05) is 11.6 Å². The van der Waals surface area contributed by atoms with E-state index in [2.05, 4.69) is 10.6 Å². The van der Waals surface area contributed by atoms with Crippen molar-refractivity contribution in [1.82, 2.24) is 5.32 Å². The van der Waals surface area contributed by atoms with Crippen LogP contribution in [0, 0.1) is 6.92 Å². The zero-order valence-electron chi connectivity index (χ0n) is 12.5. The van der Waals surface area contributed by atoms with Crippen LogP contribution in [0.25, 0.3) is 0 Å². The molecule has 110 valence electrons. The summed E-state index contributed by atoms with van der Waals surface area (Å²) in [6.07, 6.45) is 2.01. The van der Waals surface area contributed by atoms with Crippen LogP contribution in [-0.4, -0.2) is 12.3 Å². The number of aryl methyl sites for hydroxylation is 1. The maximum Gasteiger partial charge on any atom is 0.319 e. The van der Waals surface area contributed by atoms with Crippen LogP contribution < -0.4 is 10.6 Å². The zero-order chi connectivity index (χ0) is 15.2. The van der Waals surface area contributed by atoms with Gasteiger partial charge in [-0.3, -0.25) is 0 Å². The van der Waals surface area contributed by atoms with E-state index in [0.717, 1.165) is 16.1 Å². The Hall–Kier alpha value is -1.94. The highest BCUT2D eigenvalue weighted by atomic mass is 32.2. The summed E-state index contributed by atoms with van der Waals surface area (Å²) in [7, 11) is 0. The number of urea groups is 1. The first-order valence-corrected chi connectivity index (χ1v) is 8.09. The molecule has 0 saturated heterocycles. The second-order valence-corrected chi connectivity index (χ2v) is 5.84. The number of rotatable bonds is 4. The maximum absolute atomic E-state index is 12.0. The lowest BCUT2D eigenvalue weighted by molar-refractivity contribution is 0.249. The van der Waals surface area contributed by atoms with Gasteiger partial charge >= 0.3 is 6.03 Å². The van der Waals surface area contributed by atoms with E-state index in [0.29, 0.717) is 0 Å². The smallest absolute Gasteiger partial charge is 0.319 e. The van der Waals surface area contributed by atoms with Gasteiger partial charge in [0, 0.05) is 10.6 Å². The van der Waals surface area contributed by atoms with Crippen LogP contribution >= 0.6 is 11.8 Å². The molecule has 0 aliphatic rings. The Morgan fingerprint density at radius 2 is 1.86 bits per heavy atom. The van der Waals surface area contributed by atoms with Crippen LogP contribution in [-0.2, 0) is 0 Å². The molecule has 0 aliphatic carbocycles. The molecule has 0 unspecified atom stereocenters. The van der Waals surface area contributed by atoms with Crippen molar-refractivity contribution in [2.45, 2.75) is 24.8 Å². The van der Waals surface area contributed by atoms with Crippen molar-refractivity contribution in [1.29, 1.82) is 0 Å². The molecule has 2 aromatic carbocycles. The first-order valence-electron chi connectivity index (χ1n) is 6.86. The molecule has 0 spiro atoms. The monoisotopic (exact) mass is 300 g/mol. The average molecular weight is 300 g/mol. The zero-order valence-corrected chi connectivity index (χ0v) is 13.3. The van der Waals surface area contributed by atoms with Gasteiger partial charge in [0.2, 0.25) is 0 Å². The lowest BCUT2D eigenvalue weighted by Gasteiger charge is -2.15. The number of nitrogens with one attached hydrogen (secondary N) is 2. The van der Waals surface area contributed by atoms with Crippen molar-refractivity contribution in [3.63, 3.8) is 0 Å². The Bertz CT molecular complexity index is 610. The van der Waals surface area contributed by atoms with Crippen LogP contribution in [0.4, 0.5) is 10.5 Å². The summed E-state index contributed by atoms with van der Waals surface area (Å²) in [6.45, 7) is 4.02. The fraction of sp³-hybridized carbons (Fsp3) is 0.235. The van der Waals surface area contributed by atoms with Crippen molar-refractivity contribution in [2.24, 2.45) is 0 Å². The molecule has 1 atom stereocenters. The van der Waals surface area contributed by atoms with Crippen LogP contribution in [0.2, 0.25) is 0 Å². The summed E-state index contributed by atoms with van der Waals surface area (Å²) in [6, 6.07) is 15.7. The minimum atomic E-state index is -0.193. The first kappa shape index (κ1) is 15.4. The highest BCUT2D eigenvalue weighted by Crippen LogP contribution is 2.19. The van der Waals surface area contributed by atoms with Crippen LogP contribution in [0.3, 0.4) is 0 Å². The molecule has 4 heteroatoms. The van der Waals surface area contributed by atoms with Crippen LogP contribution in [0.5, 0.6) is 0 Å². The highest BCUT2D eigenvalue weighted by molar-refractivity contribution is 7.98. The minimum Gasteiger partial charge on any atom is -0.331 e. The van der Waals surface area contributed by atoms with Crippen molar-refractivity contribution in [3.05, 3.63) is 59.7 Å². The summed E-state index contributed by atoms with van der Waals surface area (Å²) in [4.78, 5) is 13.2. The Labute approximate surface area is 130 Å². The Morgan fingerprint density at radius 3 is 2.52 bits per heavy atom. The molecule has 0 aliphatic heterocycles. The Kier molecular flexibility index (Phi) is 5.28. The van der Waals surface area contributed by atoms with Gasteiger partial charge in [-0.1, -0.05) is 35.9 Å². The Balaban J connectivity index is 1.96. The van der Waals surface area contributed by atoms with Crippen LogP contribution in [0.15, 0.2) is 53.4 Å². The second kappa shape index (κ2) is 7.18. The average Bonchev–Trinajstić information content (AvgIpc) is 2.47. The normalized spacial score (nSPS) is 11.8. The Morgan fingerprint density at radius 1 is 1.14 bits per heavy atom. The van der Waals surface area contributed by atoms with Gasteiger partial charge in [-0.05, 0) is 43.9 Å². The fourth-order valence-corrected chi connectivity index (χ4v) is 2.46. The number of amides is 2. The van der Waals surface area contributed by atoms with Gasteiger partial charge in [0.1, 0.15) is 0 Å². The van der Waals surface area contributed by atoms with Crippen molar-refractivity contribution >= 4 is 23.5 Å². The molecule has 3 nitrogen and oxygen atoms in total. The minimum absolute atomic E-state index is 0.0330. The molecule has 0 fully saturated rings. The van der Waals surface area contributed by atoms with E-state index in [9.17, 15) is 4.79 Å². The third-order valence-electron chi connectivity index (χ3n) is 3.25. The number of benzene rings is 2. The number of carbonyl (C=O) groups is 1. The lowest BCUT2D eigenvalue weighted by Crippen LogP contribution is -2.31. The molecule has 0 bridgehead atoms. The second-order valence-electron chi connectivity index (χ2n) is 4.96. The summed E-state index contributed by atoms with van der Waals surface area (Å²) < 4.78 is 0. The number of hydrogen-bond acceptors (Lipinski definition) is 2. The summed E-state index contributed by atoms with van der Waals surface area (Å²) in [5.74, 6) is 0. The standard InChI is InChI=1S/C17H20N2OS/c1-12-7-9-14(10-8-12)13(2)18-17(20)19-15-5-4-6-16(11-15)21-3/h4-11,13H,1-3H3,(H2,18,19,20)/t13-/m1/s1. The largest absolute Gasteiger partial charge is 0.331 e. The molecular weight excluding hydrogens is 280 g/mol. The van der Waals surface area contributed by atoms with Crippen molar-refractivity contribution in [3.8, 4) is 0 Å². The predicted octanol–water partition coefficient (Wildman–Crippen LogP) is 4.60. The quantitative estimate of drug-likeness (QED) is 0.810. The molecule has 2 rings (SSSR count). The van der Waals surface area contributed by atoms with E-state index >= 15 is 0 Å². The summed E-state index contributed by atoms with van der Waals surface area (Å²) in [5.41, 5.74) is 3.10. The van der Waals surface area contributed by atoms with Crippen molar-refractivity contribution < 1.29 is 4.79 Å². The van der Waals surface area contributed by atoms with Gasteiger partial charge in [0.05, 0.1) is 6.04 Å². The summed E-state index contributed by atoms with van der Waals surface area (Å²) >= 11 is 1.65. The number of hydrogen-bond donors (Lipinski definition) is 2. The molecule has 0 radical (unpaired) electrons. The molecule has 2 amide bonds. The van der Waals surface area contributed by atoms with Gasteiger partial charge in [-0.25, -0.2) is 4.79 Å². The van der Waals surface area contributed by atoms with Gasteiger partial charge in [0.25, 0.3) is 0 Å². The fourth-order valence-electron chi connectivity index (χ4n) is 2.00. The molecule has 0 aromatic heterocycles. The molecule has 0 saturated carbocycles. The van der Waals surface area contributed by atoms with E-state index < -0.39 is 0 Å². The lowest BCUT2D eigenvalue weighted by atomic mass is 10.1.